The summed E-state index contributed by atoms with van der Waals surface area (Å²) in [6.45, 7) is 3.63. The van der Waals surface area contributed by atoms with Crippen molar-refractivity contribution in [3.63, 3.8) is 0 Å². The standard InChI is InChI=1S/C18H15P.C8H8.Pd/c1-4-10-16(11-5-1)19(17-12-6-2-7-13-17)18-14-8-3-9-15-18;1-2-8-6-4-3-5-7-8;/h1-15H;2-7H,1H2;. The van der Waals surface area contributed by atoms with Crippen LogP contribution in [0.1, 0.15) is 5.56 Å². The molecule has 0 saturated carbocycles. The molecule has 2 heteroatoms. The Labute approximate surface area is 183 Å². The summed E-state index contributed by atoms with van der Waals surface area (Å²) in [5.41, 5.74) is 1.17. The maximum absolute atomic E-state index is 3.63. The molecule has 0 aliphatic carbocycles. The van der Waals surface area contributed by atoms with Crippen LogP contribution in [0.3, 0.4) is 0 Å². The van der Waals surface area contributed by atoms with E-state index in [2.05, 4.69) is 97.6 Å². The molecule has 0 nitrogen and oxygen atoms in total. The smallest absolute Gasteiger partial charge is 0 e. The first-order valence-corrected chi connectivity index (χ1v) is 10.4. The van der Waals surface area contributed by atoms with Crippen LogP contribution < -0.4 is 15.9 Å². The van der Waals surface area contributed by atoms with Crippen LogP contribution in [0.5, 0.6) is 0 Å². The first kappa shape index (κ1) is 22.0. The Kier molecular flexibility index (Phi) is 9.61. The van der Waals surface area contributed by atoms with Gasteiger partial charge in [0.15, 0.2) is 0 Å². The van der Waals surface area contributed by atoms with Gasteiger partial charge in [-0.25, -0.2) is 0 Å². The van der Waals surface area contributed by atoms with Gasteiger partial charge in [0.2, 0.25) is 0 Å². The molecule has 0 radical (unpaired) electrons. The van der Waals surface area contributed by atoms with Gasteiger partial charge in [-0.1, -0.05) is 134 Å². The molecule has 0 bridgehead atoms. The van der Waals surface area contributed by atoms with Gasteiger partial charge in [-0.15, -0.1) is 0 Å². The molecule has 0 aliphatic rings. The average molecular weight is 473 g/mol. The minimum absolute atomic E-state index is 0. The molecule has 4 aromatic rings. The number of hydrogen-bond acceptors (Lipinski definition) is 0. The fraction of sp³-hybridized carbons (Fsp3) is 0. The van der Waals surface area contributed by atoms with Crippen molar-refractivity contribution in [2.24, 2.45) is 0 Å². The zero-order valence-corrected chi connectivity index (χ0v) is 18.0. The fourth-order valence-electron chi connectivity index (χ4n) is 2.77. The van der Waals surface area contributed by atoms with E-state index in [1.54, 1.807) is 0 Å². The Balaban J connectivity index is 0.000000264. The molecule has 0 spiro atoms. The molecule has 0 aromatic heterocycles. The van der Waals surface area contributed by atoms with Crippen molar-refractivity contribution in [3.8, 4) is 0 Å². The average Bonchev–Trinajstić information content (AvgIpc) is 2.77. The van der Waals surface area contributed by atoms with E-state index in [1.165, 1.54) is 21.5 Å². The summed E-state index contributed by atoms with van der Waals surface area (Å²) in [5.74, 6) is 0. The van der Waals surface area contributed by atoms with Gasteiger partial charge in [0.05, 0.1) is 0 Å². The summed E-state index contributed by atoms with van der Waals surface area (Å²) in [6.07, 6.45) is 1.83. The van der Waals surface area contributed by atoms with Crippen molar-refractivity contribution in [2.45, 2.75) is 0 Å². The Bertz CT molecular complexity index is 829. The number of rotatable bonds is 4. The molecule has 142 valence electrons. The van der Waals surface area contributed by atoms with E-state index in [9.17, 15) is 0 Å². The minimum atomic E-state index is -0.446. The van der Waals surface area contributed by atoms with Gasteiger partial charge in [-0.3, -0.25) is 0 Å². The minimum Gasteiger partial charge on any atom is -0.0985 e. The second-order valence-electron chi connectivity index (χ2n) is 5.96. The molecule has 0 fully saturated rings. The predicted octanol–water partition coefficient (Wildman–Crippen LogP) is 5.77. The van der Waals surface area contributed by atoms with Gasteiger partial charge in [-0.2, -0.15) is 0 Å². The van der Waals surface area contributed by atoms with Gasteiger partial charge in [0, 0.05) is 20.4 Å². The number of hydrogen-bond donors (Lipinski definition) is 0. The topological polar surface area (TPSA) is 0 Å². The Hall–Kier alpha value is -2.29. The summed E-state index contributed by atoms with van der Waals surface area (Å²) < 4.78 is 0. The van der Waals surface area contributed by atoms with Crippen LogP contribution in [0.15, 0.2) is 128 Å². The summed E-state index contributed by atoms with van der Waals surface area (Å²) in [6, 6.07) is 42.4. The van der Waals surface area contributed by atoms with E-state index < -0.39 is 7.92 Å². The second-order valence-corrected chi connectivity index (χ2v) is 8.18. The van der Waals surface area contributed by atoms with Gasteiger partial charge < -0.3 is 0 Å². The predicted molar refractivity (Wildman–Crippen MR) is 122 cm³/mol. The first-order chi connectivity index (χ1) is 13.4. The Morgan fingerprint density at radius 2 is 0.750 bits per heavy atom. The SMILES string of the molecule is C=Cc1ccccc1.[Pd].c1ccc(P(c2ccccc2)c2ccccc2)cc1. The van der Waals surface area contributed by atoms with Gasteiger partial charge >= 0.3 is 0 Å². The van der Waals surface area contributed by atoms with E-state index in [0.717, 1.165) is 0 Å². The van der Waals surface area contributed by atoms with Crippen LogP contribution in [0, 0.1) is 0 Å². The molecule has 0 N–H and O–H groups in total. The van der Waals surface area contributed by atoms with Crippen molar-refractivity contribution >= 4 is 29.9 Å². The van der Waals surface area contributed by atoms with Crippen LogP contribution in [-0.4, -0.2) is 0 Å². The zero-order valence-electron chi connectivity index (χ0n) is 15.6. The molecular weight excluding hydrogens is 450 g/mol. The first-order valence-electron chi connectivity index (χ1n) is 9.01. The van der Waals surface area contributed by atoms with Crippen molar-refractivity contribution in [2.75, 3.05) is 0 Å². The summed E-state index contributed by atoms with van der Waals surface area (Å²) in [5, 5.41) is 4.19. The van der Waals surface area contributed by atoms with E-state index in [4.69, 9.17) is 0 Å². The normalized spacial score (nSPS) is 9.61. The van der Waals surface area contributed by atoms with Crippen molar-refractivity contribution in [3.05, 3.63) is 133 Å². The summed E-state index contributed by atoms with van der Waals surface area (Å²) in [7, 11) is -0.446. The van der Waals surface area contributed by atoms with E-state index in [0.29, 0.717) is 0 Å². The van der Waals surface area contributed by atoms with Gasteiger partial charge in [0.1, 0.15) is 0 Å². The summed E-state index contributed by atoms with van der Waals surface area (Å²) in [4.78, 5) is 0. The maximum Gasteiger partial charge on any atom is 0 e. The van der Waals surface area contributed by atoms with Gasteiger partial charge in [-0.05, 0) is 29.4 Å². The van der Waals surface area contributed by atoms with Crippen LogP contribution in [0.25, 0.3) is 6.08 Å². The Morgan fingerprint density at radius 1 is 0.464 bits per heavy atom. The molecular formula is C26H23PPd. The molecule has 0 aliphatic heterocycles. The molecule has 0 saturated heterocycles. The monoisotopic (exact) mass is 472 g/mol. The zero-order chi connectivity index (χ0) is 18.7. The van der Waals surface area contributed by atoms with E-state index in [1.807, 2.05) is 36.4 Å². The fourth-order valence-corrected chi connectivity index (χ4v) is 5.07. The van der Waals surface area contributed by atoms with Gasteiger partial charge in [0.25, 0.3) is 0 Å². The molecule has 4 aromatic carbocycles. The van der Waals surface area contributed by atoms with E-state index in [-0.39, 0.29) is 20.4 Å². The third-order valence-corrected chi connectivity index (χ3v) is 6.52. The third kappa shape index (κ3) is 6.40. The van der Waals surface area contributed by atoms with Crippen molar-refractivity contribution in [1.29, 1.82) is 0 Å². The van der Waals surface area contributed by atoms with Crippen LogP contribution in [0.2, 0.25) is 0 Å². The molecule has 4 rings (SSSR count). The van der Waals surface area contributed by atoms with Crippen LogP contribution >= 0.6 is 7.92 Å². The van der Waals surface area contributed by atoms with Crippen molar-refractivity contribution < 1.29 is 20.4 Å². The van der Waals surface area contributed by atoms with Crippen molar-refractivity contribution in [1.82, 2.24) is 0 Å². The van der Waals surface area contributed by atoms with Crippen LogP contribution in [0.4, 0.5) is 0 Å². The molecule has 0 heterocycles. The maximum atomic E-state index is 3.63. The number of benzene rings is 4. The molecule has 0 unspecified atom stereocenters. The largest absolute Gasteiger partial charge is 0.0985 e. The third-order valence-electron chi connectivity index (χ3n) is 4.08. The van der Waals surface area contributed by atoms with E-state index >= 15 is 0 Å². The van der Waals surface area contributed by atoms with Crippen LogP contribution in [-0.2, 0) is 20.4 Å². The molecule has 28 heavy (non-hydrogen) atoms. The summed E-state index contributed by atoms with van der Waals surface area (Å²) >= 11 is 0. The second kappa shape index (κ2) is 12.2. The molecule has 0 amide bonds. The molecule has 0 atom stereocenters. The quantitative estimate of drug-likeness (QED) is 0.261. The Morgan fingerprint density at radius 3 is 1.00 bits per heavy atom.